The van der Waals surface area contributed by atoms with E-state index in [1.165, 1.54) is 77.0 Å². The summed E-state index contributed by atoms with van der Waals surface area (Å²) in [6.07, 6.45) is 20.2. The predicted molar refractivity (Wildman–Crippen MR) is 108 cm³/mol. The van der Waals surface area contributed by atoms with Crippen LogP contribution in [0.1, 0.15) is 89.9 Å². The maximum absolute atomic E-state index is 10.9. The van der Waals surface area contributed by atoms with Crippen LogP contribution in [0.3, 0.4) is 0 Å². The Kier molecular flexibility index (Phi) is 3.91. The summed E-state index contributed by atoms with van der Waals surface area (Å²) < 4.78 is 23.1. The molecule has 0 amide bonds. The van der Waals surface area contributed by atoms with E-state index in [1.807, 2.05) is 4.93 Å². The standard InChI is InChI=1S/C25H40IO3/c1-26(27,28-4-2-22-9-18-6-19(10-22)8-20(7-18)11-22)29-5-3-23-12-21-13-24(15-23)17-25(24,14-21)16-23/h18-21,27H,2-17H2,1H3/q-1. The Morgan fingerprint density at radius 3 is 1.69 bits per heavy atom. The number of halogens is 1. The van der Waals surface area contributed by atoms with Crippen molar-refractivity contribution in [3.63, 3.8) is 0 Å². The van der Waals surface area contributed by atoms with Crippen LogP contribution >= 0.6 is 0 Å². The Morgan fingerprint density at radius 2 is 1.17 bits per heavy atom. The summed E-state index contributed by atoms with van der Waals surface area (Å²) in [5.74, 6) is 4.02. The second kappa shape index (κ2) is 5.94. The summed E-state index contributed by atoms with van der Waals surface area (Å²) in [6.45, 7) is 1.47. The van der Waals surface area contributed by atoms with Gasteiger partial charge in [0.1, 0.15) is 0 Å². The summed E-state index contributed by atoms with van der Waals surface area (Å²) in [7, 11) is 0. The van der Waals surface area contributed by atoms with Crippen molar-refractivity contribution >= 4 is 0 Å². The molecule has 9 rings (SSSR count). The third-order valence-electron chi connectivity index (χ3n) is 11.2. The molecule has 0 aliphatic heterocycles. The van der Waals surface area contributed by atoms with Crippen molar-refractivity contribution in [1.82, 2.24) is 0 Å². The molecule has 0 saturated heterocycles. The molecular weight excluding hydrogens is 475 g/mol. The van der Waals surface area contributed by atoms with Gasteiger partial charge in [0.15, 0.2) is 0 Å². The molecule has 3 nitrogen and oxygen atoms in total. The Hall–Kier alpha value is 0.610. The van der Waals surface area contributed by atoms with Gasteiger partial charge in [0.05, 0.1) is 0 Å². The number of alkyl halides is 1. The molecule has 1 N–H and O–H groups in total. The van der Waals surface area contributed by atoms with E-state index in [9.17, 15) is 3.44 Å². The van der Waals surface area contributed by atoms with E-state index in [-0.39, 0.29) is 0 Å². The van der Waals surface area contributed by atoms with Crippen molar-refractivity contribution in [2.45, 2.75) is 89.9 Å². The summed E-state index contributed by atoms with van der Waals surface area (Å²) in [5.41, 5.74) is 2.66. The monoisotopic (exact) mass is 515 g/mol. The molecule has 9 saturated carbocycles. The molecule has 29 heavy (non-hydrogen) atoms. The van der Waals surface area contributed by atoms with Crippen LogP contribution in [-0.2, 0) is 6.13 Å². The van der Waals surface area contributed by atoms with Gasteiger partial charge in [-0.3, -0.25) is 0 Å². The molecule has 0 aromatic carbocycles. The number of hydrogen-bond donors (Lipinski definition) is 1. The van der Waals surface area contributed by atoms with Gasteiger partial charge < -0.3 is 0 Å². The van der Waals surface area contributed by atoms with Crippen LogP contribution in [-0.4, -0.2) is 21.6 Å². The number of rotatable bonds is 8. The van der Waals surface area contributed by atoms with Crippen LogP contribution in [0.15, 0.2) is 0 Å². The van der Waals surface area contributed by atoms with Gasteiger partial charge in [-0.05, 0) is 0 Å². The second-order valence-corrected chi connectivity index (χ2v) is 18.4. The van der Waals surface area contributed by atoms with Crippen LogP contribution in [0.5, 0.6) is 0 Å². The van der Waals surface area contributed by atoms with E-state index in [4.69, 9.17) is 6.13 Å². The van der Waals surface area contributed by atoms with Crippen LogP contribution in [0.25, 0.3) is 0 Å². The van der Waals surface area contributed by atoms with E-state index in [0.717, 1.165) is 54.1 Å². The molecule has 0 aromatic heterocycles. The van der Waals surface area contributed by atoms with Gasteiger partial charge in [-0.1, -0.05) is 0 Å². The zero-order valence-corrected chi connectivity index (χ0v) is 20.4. The van der Waals surface area contributed by atoms with Crippen molar-refractivity contribution in [2.24, 2.45) is 45.3 Å². The quantitative estimate of drug-likeness (QED) is 0.399. The van der Waals surface area contributed by atoms with E-state index in [2.05, 4.69) is 0 Å². The first-order chi connectivity index (χ1) is 13.8. The summed E-state index contributed by atoms with van der Waals surface area (Å²) in [4.78, 5) is 1.90. The van der Waals surface area contributed by atoms with E-state index in [0.29, 0.717) is 10.8 Å². The first-order valence-corrected chi connectivity index (χ1v) is 17.4. The molecule has 8 bridgehead atoms. The van der Waals surface area contributed by atoms with Crippen molar-refractivity contribution in [2.75, 3.05) is 18.1 Å². The van der Waals surface area contributed by atoms with Gasteiger partial charge in [0.25, 0.3) is 0 Å². The van der Waals surface area contributed by atoms with Gasteiger partial charge in [0.2, 0.25) is 0 Å². The Labute approximate surface area is 182 Å². The fraction of sp³-hybridized carbons (Fsp3) is 1.00. The molecular formula is C25H40IO3-. The molecule has 2 spiro atoms. The number of hydrogen-bond acceptors (Lipinski definition) is 3. The predicted octanol–water partition coefficient (Wildman–Crippen LogP) is 2.51. The second-order valence-electron chi connectivity index (χ2n) is 13.3. The zero-order valence-electron chi connectivity index (χ0n) is 18.3. The van der Waals surface area contributed by atoms with Gasteiger partial charge in [-0.2, -0.15) is 0 Å². The van der Waals surface area contributed by atoms with Crippen molar-refractivity contribution in [3.8, 4) is 0 Å². The van der Waals surface area contributed by atoms with E-state index >= 15 is 0 Å². The van der Waals surface area contributed by atoms with Crippen LogP contribution in [0, 0.1) is 45.3 Å². The van der Waals surface area contributed by atoms with Crippen molar-refractivity contribution < 1.29 is 29.2 Å². The maximum atomic E-state index is 10.9. The SMILES string of the molecule is C[I-](O)(OCCC12CC3CC(CC(C3)C1)C2)OCCC12CC3CC4(C1)CC4(C3)C2. The van der Waals surface area contributed by atoms with E-state index < -0.39 is 19.7 Å². The first-order valence-electron chi connectivity index (χ1n) is 12.5. The summed E-state index contributed by atoms with van der Waals surface area (Å²) in [5, 5.41) is 0. The van der Waals surface area contributed by atoms with Gasteiger partial charge in [0, 0.05) is 0 Å². The molecule has 9 fully saturated rings. The van der Waals surface area contributed by atoms with Crippen LogP contribution < -0.4 is 19.7 Å². The van der Waals surface area contributed by atoms with E-state index in [1.54, 1.807) is 6.42 Å². The first kappa shape index (κ1) is 19.1. The molecule has 4 heteroatoms. The summed E-state index contributed by atoms with van der Waals surface area (Å²) in [6, 6.07) is 0. The molecule has 9 aliphatic carbocycles. The molecule has 3 atom stereocenters. The van der Waals surface area contributed by atoms with Crippen molar-refractivity contribution in [1.29, 1.82) is 0 Å². The molecule has 9 aliphatic rings. The van der Waals surface area contributed by atoms with Crippen molar-refractivity contribution in [3.05, 3.63) is 0 Å². The Morgan fingerprint density at radius 1 is 0.690 bits per heavy atom. The minimum absolute atomic E-state index is 0.548. The molecule has 166 valence electrons. The minimum atomic E-state index is -3.43. The Balaban J connectivity index is 0.901. The average molecular weight is 515 g/mol. The van der Waals surface area contributed by atoms with Crippen LogP contribution in [0.2, 0.25) is 0 Å². The normalized spacial score (nSPS) is 58.4. The molecule has 0 heterocycles. The third-order valence-corrected chi connectivity index (χ3v) is 14.4. The molecule has 3 unspecified atom stereocenters. The molecule has 0 radical (unpaired) electrons. The van der Waals surface area contributed by atoms with Gasteiger partial charge in [-0.25, -0.2) is 0 Å². The fourth-order valence-electron chi connectivity index (χ4n) is 11.1. The zero-order chi connectivity index (χ0) is 19.5. The van der Waals surface area contributed by atoms with Crippen LogP contribution in [0.4, 0.5) is 0 Å². The average Bonchev–Trinajstić information content (AvgIpc) is 2.98. The Bertz CT molecular complexity index is 647. The third kappa shape index (κ3) is 2.90. The van der Waals surface area contributed by atoms with Gasteiger partial charge >= 0.3 is 183 Å². The topological polar surface area (TPSA) is 38.7 Å². The molecule has 0 aromatic rings. The van der Waals surface area contributed by atoms with Gasteiger partial charge in [-0.15, -0.1) is 0 Å². The summed E-state index contributed by atoms with van der Waals surface area (Å²) >= 11 is -3.43. The fourth-order valence-corrected chi connectivity index (χ4v) is 13.4.